The van der Waals surface area contributed by atoms with Gasteiger partial charge in [0.2, 0.25) is 0 Å². The summed E-state index contributed by atoms with van der Waals surface area (Å²) in [7, 11) is 0. The number of ether oxygens (including phenoxy) is 1. The van der Waals surface area contributed by atoms with Gasteiger partial charge in [-0.25, -0.2) is 0 Å². The van der Waals surface area contributed by atoms with Gasteiger partial charge in [-0.1, -0.05) is 33.1 Å². The van der Waals surface area contributed by atoms with Gasteiger partial charge in [-0.05, 0) is 19.8 Å². The van der Waals surface area contributed by atoms with Crippen molar-refractivity contribution in [2.45, 2.75) is 65.1 Å². The maximum atomic E-state index is 11.6. The van der Waals surface area contributed by atoms with Crippen LogP contribution in [0.25, 0.3) is 0 Å². The number of Topliss-reactive ketones (excluding diaryl/α,β-unsaturated/α-hetero) is 1. The molecule has 2 heteroatoms. The molecule has 2 nitrogen and oxygen atoms in total. The third-order valence-electron chi connectivity index (χ3n) is 2.92. The Balaban J connectivity index is 2.31. The summed E-state index contributed by atoms with van der Waals surface area (Å²) in [6, 6.07) is 0. The summed E-state index contributed by atoms with van der Waals surface area (Å²) < 4.78 is 5.76. The largest absolute Gasteiger partial charge is 0.368 e. The van der Waals surface area contributed by atoms with E-state index in [-0.39, 0.29) is 17.8 Å². The average molecular weight is 198 g/mol. The first kappa shape index (κ1) is 11.7. The molecule has 0 N–H and O–H groups in total. The quantitative estimate of drug-likeness (QED) is 0.694. The fourth-order valence-corrected chi connectivity index (χ4v) is 2.03. The first-order valence-corrected chi connectivity index (χ1v) is 5.80. The van der Waals surface area contributed by atoms with Crippen molar-refractivity contribution >= 4 is 5.78 Å². The molecular weight excluding hydrogens is 176 g/mol. The summed E-state index contributed by atoms with van der Waals surface area (Å²) in [6.07, 6.45) is 6.23. The molecule has 0 aromatic rings. The van der Waals surface area contributed by atoms with Crippen molar-refractivity contribution in [3.63, 3.8) is 0 Å². The van der Waals surface area contributed by atoms with Crippen molar-refractivity contribution in [3.8, 4) is 0 Å². The monoisotopic (exact) mass is 198 g/mol. The van der Waals surface area contributed by atoms with Crippen LogP contribution in [-0.4, -0.2) is 18.0 Å². The second-order valence-electron chi connectivity index (χ2n) is 4.60. The van der Waals surface area contributed by atoms with E-state index in [0.29, 0.717) is 6.10 Å². The lowest BCUT2D eigenvalue weighted by molar-refractivity contribution is -0.137. The topological polar surface area (TPSA) is 26.3 Å². The summed E-state index contributed by atoms with van der Waals surface area (Å²) >= 11 is 0. The molecule has 0 aliphatic heterocycles. The first-order valence-electron chi connectivity index (χ1n) is 5.80. The van der Waals surface area contributed by atoms with Crippen molar-refractivity contribution < 1.29 is 9.53 Å². The Morgan fingerprint density at radius 2 is 1.71 bits per heavy atom. The van der Waals surface area contributed by atoms with Gasteiger partial charge in [-0.2, -0.15) is 0 Å². The number of hydrogen-bond donors (Lipinski definition) is 0. The highest BCUT2D eigenvalue weighted by atomic mass is 16.5. The lowest BCUT2D eigenvalue weighted by atomic mass is 9.97. The van der Waals surface area contributed by atoms with Gasteiger partial charge < -0.3 is 4.74 Å². The van der Waals surface area contributed by atoms with Crippen LogP contribution in [0.2, 0.25) is 0 Å². The van der Waals surface area contributed by atoms with Crippen molar-refractivity contribution in [2.75, 3.05) is 0 Å². The molecule has 1 atom stereocenters. The van der Waals surface area contributed by atoms with Gasteiger partial charge >= 0.3 is 0 Å². The Labute approximate surface area is 87.0 Å². The lowest BCUT2D eigenvalue weighted by Gasteiger charge is -2.25. The third kappa shape index (κ3) is 3.41. The van der Waals surface area contributed by atoms with Gasteiger partial charge in [0, 0.05) is 5.92 Å². The maximum Gasteiger partial charge on any atom is 0.163 e. The zero-order chi connectivity index (χ0) is 10.6. The Bertz CT molecular complexity index is 181. The number of carbonyl (C=O) groups is 1. The van der Waals surface area contributed by atoms with Crippen LogP contribution in [0.5, 0.6) is 0 Å². The van der Waals surface area contributed by atoms with Crippen LogP contribution in [0.15, 0.2) is 0 Å². The van der Waals surface area contributed by atoms with Gasteiger partial charge in [0.05, 0.1) is 6.10 Å². The summed E-state index contributed by atoms with van der Waals surface area (Å²) in [5, 5.41) is 0. The molecular formula is C12H22O2. The predicted octanol–water partition coefficient (Wildman–Crippen LogP) is 2.95. The van der Waals surface area contributed by atoms with E-state index in [4.69, 9.17) is 4.74 Å². The molecule has 82 valence electrons. The number of carbonyl (C=O) groups excluding carboxylic acids is 1. The van der Waals surface area contributed by atoms with Gasteiger partial charge in [0.25, 0.3) is 0 Å². The fraction of sp³-hybridized carbons (Fsp3) is 0.917. The van der Waals surface area contributed by atoms with Crippen molar-refractivity contribution in [1.29, 1.82) is 0 Å². The zero-order valence-electron chi connectivity index (χ0n) is 9.58. The normalized spacial score (nSPS) is 21.1. The number of rotatable bonds is 4. The van der Waals surface area contributed by atoms with Gasteiger partial charge in [-0.3, -0.25) is 4.79 Å². The molecule has 0 bridgehead atoms. The fourth-order valence-electron chi connectivity index (χ4n) is 2.03. The Hall–Kier alpha value is -0.370. The molecule has 1 rings (SSSR count). The highest BCUT2D eigenvalue weighted by Gasteiger charge is 2.22. The van der Waals surface area contributed by atoms with Crippen LogP contribution in [0, 0.1) is 5.92 Å². The van der Waals surface area contributed by atoms with Gasteiger partial charge in [0.1, 0.15) is 6.10 Å². The molecule has 1 aliphatic rings. The number of ketones is 1. The van der Waals surface area contributed by atoms with E-state index >= 15 is 0 Å². The van der Waals surface area contributed by atoms with Crippen LogP contribution in [0.1, 0.15) is 52.9 Å². The maximum absolute atomic E-state index is 11.6. The summed E-state index contributed by atoms with van der Waals surface area (Å²) in [4.78, 5) is 11.6. The molecule has 0 radical (unpaired) electrons. The molecule has 0 aromatic carbocycles. The molecule has 0 amide bonds. The van der Waals surface area contributed by atoms with Crippen LogP contribution in [-0.2, 0) is 9.53 Å². The second-order valence-corrected chi connectivity index (χ2v) is 4.60. The molecule has 1 aliphatic carbocycles. The molecule has 0 aromatic heterocycles. The zero-order valence-corrected chi connectivity index (χ0v) is 9.58. The molecule has 0 saturated heterocycles. The third-order valence-corrected chi connectivity index (χ3v) is 2.92. The van der Waals surface area contributed by atoms with Crippen LogP contribution in [0.3, 0.4) is 0 Å². The SMILES string of the molecule is CC(C)C(=O)[C@@H](C)OC1CCCCC1. The lowest BCUT2D eigenvalue weighted by Crippen LogP contribution is -2.30. The minimum atomic E-state index is -0.210. The van der Waals surface area contributed by atoms with Crippen molar-refractivity contribution in [2.24, 2.45) is 5.92 Å². The highest BCUT2D eigenvalue weighted by Crippen LogP contribution is 2.22. The molecule has 14 heavy (non-hydrogen) atoms. The number of hydrogen-bond acceptors (Lipinski definition) is 2. The predicted molar refractivity (Wildman–Crippen MR) is 57.3 cm³/mol. The van der Waals surface area contributed by atoms with Crippen LogP contribution in [0.4, 0.5) is 0 Å². The summed E-state index contributed by atoms with van der Waals surface area (Å²) in [5.74, 6) is 0.323. The van der Waals surface area contributed by atoms with Crippen molar-refractivity contribution in [1.82, 2.24) is 0 Å². The van der Waals surface area contributed by atoms with Crippen LogP contribution >= 0.6 is 0 Å². The molecule has 1 fully saturated rings. The standard InChI is InChI=1S/C12H22O2/c1-9(2)12(13)10(3)14-11-7-5-4-6-8-11/h9-11H,4-8H2,1-3H3/t10-/m1/s1. The smallest absolute Gasteiger partial charge is 0.163 e. The minimum Gasteiger partial charge on any atom is -0.368 e. The Kier molecular flexibility index (Phi) is 4.59. The van der Waals surface area contributed by atoms with Crippen LogP contribution < -0.4 is 0 Å². The molecule has 0 heterocycles. The molecule has 0 unspecified atom stereocenters. The van der Waals surface area contributed by atoms with E-state index in [1.165, 1.54) is 19.3 Å². The second kappa shape index (κ2) is 5.50. The molecule has 0 spiro atoms. The van der Waals surface area contributed by atoms with E-state index in [0.717, 1.165) is 12.8 Å². The van der Waals surface area contributed by atoms with Crippen molar-refractivity contribution in [3.05, 3.63) is 0 Å². The minimum absolute atomic E-state index is 0.0913. The van der Waals surface area contributed by atoms with Gasteiger partial charge in [-0.15, -0.1) is 0 Å². The Morgan fingerprint density at radius 1 is 1.14 bits per heavy atom. The van der Waals surface area contributed by atoms with E-state index in [2.05, 4.69) is 0 Å². The van der Waals surface area contributed by atoms with Gasteiger partial charge in [0.15, 0.2) is 5.78 Å². The van der Waals surface area contributed by atoms with E-state index in [9.17, 15) is 4.79 Å². The first-order chi connectivity index (χ1) is 6.61. The van der Waals surface area contributed by atoms with E-state index < -0.39 is 0 Å². The highest BCUT2D eigenvalue weighted by molar-refractivity contribution is 5.84. The average Bonchev–Trinajstić information content (AvgIpc) is 2.18. The summed E-state index contributed by atoms with van der Waals surface area (Å²) in [5.41, 5.74) is 0. The Morgan fingerprint density at radius 3 is 2.21 bits per heavy atom. The van der Waals surface area contributed by atoms with E-state index in [1.54, 1.807) is 0 Å². The summed E-state index contributed by atoms with van der Waals surface area (Å²) in [6.45, 7) is 5.75. The molecule has 1 saturated carbocycles. The van der Waals surface area contributed by atoms with E-state index in [1.807, 2.05) is 20.8 Å².